The van der Waals surface area contributed by atoms with Crippen LogP contribution in [0.4, 0.5) is 5.82 Å². The third kappa shape index (κ3) is 3.44. The number of hydrogen-bond acceptors (Lipinski definition) is 4. The predicted molar refractivity (Wildman–Crippen MR) is 70.5 cm³/mol. The summed E-state index contributed by atoms with van der Waals surface area (Å²) >= 11 is 3.41. The van der Waals surface area contributed by atoms with Crippen LogP contribution in [0.5, 0.6) is 5.88 Å². The number of nitrogens with zero attached hydrogens (tertiary/aromatic N) is 1. The molecular formula is C12H12BrN3O. The van der Waals surface area contributed by atoms with Crippen LogP contribution in [0.3, 0.4) is 0 Å². The molecule has 1 aromatic heterocycles. The van der Waals surface area contributed by atoms with Crippen molar-refractivity contribution < 1.29 is 4.74 Å². The van der Waals surface area contributed by atoms with Crippen molar-refractivity contribution >= 4 is 21.7 Å². The highest BCUT2D eigenvalue weighted by Crippen LogP contribution is 2.15. The van der Waals surface area contributed by atoms with Gasteiger partial charge in [0.05, 0.1) is 0 Å². The molecule has 0 aliphatic carbocycles. The van der Waals surface area contributed by atoms with Gasteiger partial charge >= 0.3 is 0 Å². The SMILES string of the molecule is NNc1cccc(OCc2cccc(Br)c2)n1. The van der Waals surface area contributed by atoms with Crippen LogP contribution in [0.2, 0.25) is 0 Å². The minimum Gasteiger partial charge on any atom is -0.473 e. The Balaban J connectivity index is 2.02. The van der Waals surface area contributed by atoms with Gasteiger partial charge in [-0.2, -0.15) is 4.98 Å². The number of benzene rings is 1. The number of aromatic nitrogens is 1. The van der Waals surface area contributed by atoms with E-state index in [0.29, 0.717) is 18.3 Å². The summed E-state index contributed by atoms with van der Waals surface area (Å²) < 4.78 is 6.59. The average Bonchev–Trinajstić information content (AvgIpc) is 2.37. The Morgan fingerprint density at radius 2 is 2.06 bits per heavy atom. The molecule has 0 amide bonds. The molecule has 0 spiro atoms. The van der Waals surface area contributed by atoms with E-state index in [2.05, 4.69) is 26.3 Å². The van der Waals surface area contributed by atoms with E-state index in [0.717, 1.165) is 10.0 Å². The van der Waals surface area contributed by atoms with Crippen molar-refractivity contribution in [2.24, 2.45) is 5.84 Å². The largest absolute Gasteiger partial charge is 0.473 e. The van der Waals surface area contributed by atoms with Gasteiger partial charge in [-0.25, -0.2) is 5.84 Å². The maximum absolute atomic E-state index is 5.56. The lowest BCUT2D eigenvalue weighted by Crippen LogP contribution is -2.08. The van der Waals surface area contributed by atoms with Gasteiger partial charge in [-0.15, -0.1) is 0 Å². The monoisotopic (exact) mass is 293 g/mol. The Bertz CT molecular complexity index is 505. The highest BCUT2D eigenvalue weighted by Gasteiger charge is 1.99. The summed E-state index contributed by atoms with van der Waals surface area (Å²) in [6, 6.07) is 13.3. The molecule has 5 heteroatoms. The first-order valence-corrected chi connectivity index (χ1v) is 5.88. The molecule has 1 aromatic carbocycles. The highest BCUT2D eigenvalue weighted by atomic mass is 79.9. The topological polar surface area (TPSA) is 60.2 Å². The molecule has 88 valence electrons. The minimum absolute atomic E-state index is 0.473. The van der Waals surface area contributed by atoms with Gasteiger partial charge in [0.1, 0.15) is 12.4 Å². The number of nitrogens with one attached hydrogen (secondary N) is 1. The zero-order chi connectivity index (χ0) is 12.1. The Hall–Kier alpha value is -1.59. The molecule has 0 saturated heterocycles. The number of hydrazine groups is 1. The summed E-state index contributed by atoms with van der Waals surface area (Å²) in [7, 11) is 0. The number of anilines is 1. The van der Waals surface area contributed by atoms with Crippen LogP contribution < -0.4 is 16.0 Å². The first-order chi connectivity index (χ1) is 8.28. The Labute approximate surface area is 108 Å². The van der Waals surface area contributed by atoms with Gasteiger partial charge in [-0.3, -0.25) is 0 Å². The molecule has 0 radical (unpaired) electrons. The van der Waals surface area contributed by atoms with Crippen LogP contribution in [0, 0.1) is 0 Å². The fraction of sp³-hybridized carbons (Fsp3) is 0.0833. The molecule has 0 saturated carbocycles. The molecule has 0 aliphatic rings. The molecule has 0 fully saturated rings. The van der Waals surface area contributed by atoms with Crippen molar-refractivity contribution in [2.75, 3.05) is 5.43 Å². The molecule has 1 heterocycles. The van der Waals surface area contributed by atoms with Crippen molar-refractivity contribution in [1.29, 1.82) is 0 Å². The summed E-state index contributed by atoms with van der Waals surface area (Å²) in [6.07, 6.45) is 0. The van der Waals surface area contributed by atoms with Crippen molar-refractivity contribution in [1.82, 2.24) is 4.98 Å². The van der Waals surface area contributed by atoms with Gasteiger partial charge in [0.25, 0.3) is 0 Å². The molecule has 2 aromatic rings. The number of ether oxygens (including phenoxy) is 1. The van der Waals surface area contributed by atoms with Crippen LogP contribution in [0.15, 0.2) is 46.9 Å². The molecule has 2 rings (SSSR count). The third-order valence-corrected chi connectivity index (χ3v) is 2.64. The molecule has 17 heavy (non-hydrogen) atoms. The van der Waals surface area contributed by atoms with E-state index in [9.17, 15) is 0 Å². The summed E-state index contributed by atoms with van der Waals surface area (Å²) in [5.74, 6) is 6.39. The fourth-order valence-electron chi connectivity index (χ4n) is 1.36. The summed E-state index contributed by atoms with van der Waals surface area (Å²) in [4.78, 5) is 4.16. The first-order valence-electron chi connectivity index (χ1n) is 5.09. The lowest BCUT2D eigenvalue weighted by atomic mass is 10.2. The highest BCUT2D eigenvalue weighted by molar-refractivity contribution is 9.10. The Morgan fingerprint density at radius 3 is 2.82 bits per heavy atom. The Kier molecular flexibility index (Phi) is 3.95. The van der Waals surface area contributed by atoms with Gasteiger partial charge in [-0.05, 0) is 23.8 Å². The van der Waals surface area contributed by atoms with Crippen molar-refractivity contribution in [3.63, 3.8) is 0 Å². The van der Waals surface area contributed by atoms with Crippen LogP contribution in [0.1, 0.15) is 5.56 Å². The predicted octanol–water partition coefficient (Wildman–Crippen LogP) is 2.71. The smallest absolute Gasteiger partial charge is 0.215 e. The lowest BCUT2D eigenvalue weighted by Gasteiger charge is -2.07. The number of pyridine rings is 1. The fourth-order valence-corrected chi connectivity index (χ4v) is 1.81. The first kappa shape index (κ1) is 11.9. The maximum atomic E-state index is 5.56. The summed E-state index contributed by atoms with van der Waals surface area (Å²) in [6.45, 7) is 0.473. The number of nitrogens with two attached hydrogens (primary N) is 1. The van der Waals surface area contributed by atoms with Gasteiger partial charge in [-0.1, -0.05) is 34.1 Å². The molecule has 3 N–H and O–H groups in total. The summed E-state index contributed by atoms with van der Waals surface area (Å²) in [5.41, 5.74) is 3.55. The van der Waals surface area contributed by atoms with E-state index < -0.39 is 0 Å². The normalized spacial score (nSPS) is 10.0. The second-order valence-electron chi connectivity index (χ2n) is 3.42. The van der Waals surface area contributed by atoms with E-state index in [1.54, 1.807) is 12.1 Å². The van der Waals surface area contributed by atoms with E-state index in [-0.39, 0.29) is 0 Å². The second kappa shape index (κ2) is 5.65. The summed E-state index contributed by atoms with van der Waals surface area (Å²) in [5, 5.41) is 0. The van der Waals surface area contributed by atoms with E-state index in [1.165, 1.54) is 0 Å². The molecule has 4 nitrogen and oxygen atoms in total. The van der Waals surface area contributed by atoms with E-state index in [4.69, 9.17) is 10.6 Å². The molecular weight excluding hydrogens is 282 g/mol. The number of nitrogen functional groups attached to an aromatic ring is 1. The zero-order valence-corrected chi connectivity index (χ0v) is 10.6. The lowest BCUT2D eigenvalue weighted by molar-refractivity contribution is 0.294. The van der Waals surface area contributed by atoms with Gasteiger partial charge < -0.3 is 10.2 Å². The standard InChI is InChI=1S/C12H12BrN3O/c13-10-4-1-3-9(7-10)8-17-12-6-2-5-11(15-12)16-14/h1-7H,8,14H2,(H,15,16). The molecule has 0 bridgehead atoms. The van der Waals surface area contributed by atoms with Gasteiger partial charge in [0, 0.05) is 10.5 Å². The van der Waals surface area contributed by atoms with Crippen molar-refractivity contribution in [3.05, 3.63) is 52.5 Å². The molecule has 0 unspecified atom stereocenters. The van der Waals surface area contributed by atoms with Crippen molar-refractivity contribution in [2.45, 2.75) is 6.61 Å². The van der Waals surface area contributed by atoms with E-state index in [1.807, 2.05) is 30.3 Å². The quantitative estimate of drug-likeness (QED) is 0.672. The molecule has 0 aliphatic heterocycles. The Morgan fingerprint density at radius 1 is 1.24 bits per heavy atom. The van der Waals surface area contributed by atoms with E-state index >= 15 is 0 Å². The van der Waals surface area contributed by atoms with Crippen molar-refractivity contribution in [3.8, 4) is 5.88 Å². The zero-order valence-electron chi connectivity index (χ0n) is 9.06. The third-order valence-electron chi connectivity index (χ3n) is 2.15. The number of rotatable bonds is 4. The maximum Gasteiger partial charge on any atom is 0.215 e. The average molecular weight is 294 g/mol. The number of hydrogen-bond donors (Lipinski definition) is 2. The van der Waals surface area contributed by atoms with Gasteiger partial charge in [0.15, 0.2) is 0 Å². The van der Waals surface area contributed by atoms with Crippen LogP contribution >= 0.6 is 15.9 Å². The van der Waals surface area contributed by atoms with Crippen LogP contribution in [-0.2, 0) is 6.61 Å². The number of halogens is 1. The second-order valence-corrected chi connectivity index (χ2v) is 4.34. The minimum atomic E-state index is 0.473. The van der Waals surface area contributed by atoms with Crippen LogP contribution in [-0.4, -0.2) is 4.98 Å². The van der Waals surface area contributed by atoms with Crippen LogP contribution in [0.25, 0.3) is 0 Å². The van der Waals surface area contributed by atoms with Gasteiger partial charge in [0.2, 0.25) is 5.88 Å². The molecule has 0 atom stereocenters.